The predicted molar refractivity (Wildman–Crippen MR) is 107 cm³/mol. The Kier molecular flexibility index (Phi) is 9.88. The van der Waals surface area contributed by atoms with Gasteiger partial charge in [0.2, 0.25) is 15.9 Å². The van der Waals surface area contributed by atoms with Crippen LogP contribution in [0.25, 0.3) is 0 Å². The lowest BCUT2D eigenvalue weighted by atomic mass is 10.1. The molecular formula is C20H34N2O3S. The Morgan fingerprint density at radius 1 is 1.12 bits per heavy atom. The zero-order valence-electron chi connectivity index (χ0n) is 16.6. The molecule has 1 rings (SSSR count). The highest BCUT2D eigenvalue weighted by Gasteiger charge is 2.19. The topological polar surface area (TPSA) is 66.5 Å². The van der Waals surface area contributed by atoms with Gasteiger partial charge in [-0.1, -0.05) is 45.2 Å². The van der Waals surface area contributed by atoms with Crippen LogP contribution in [-0.2, 0) is 21.2 Å². The lowest BCUT2D eigenvalue weighted by Gasteiger charge is -2.29. The van der Waals surface area contributed by atoms with Crippen LogP contribution in [0.15, 0.2) is 29.2 Å². The number of amides is 1. The van der Waals surface area contributed by atoms with Crippen LogP contribution in [-0.4, -0.2) is 38.9 Å². The first-order valence-electron chi connectivity index (χ1n) is 9.67. The first-order valence-corrected chi connectivity index (χ1v) is 11.2. The third-order valence-corrected chi connectivity index (χ3v) is 6.12. The van der Waals surface area contributed by atoms with E-state index in [9.17, 15) is 13.2 Å². The van der Waals surface area contributed by atoms with Gasteiger partial charge in [-0.25, -0.2) is 13.1 Å². The number of hydrogen-bond acceptors (Lipinski definition) is 3. The molecular weight excluding hydrogens is 348 g/mol. The van der Waals surface area contributed by atoms with Crippen molar-refractivity contribution in [2.45, 2.75) is 76.7 Å². The smallest absolute Gasteiger partial charge is 0.240 e. The van der Waals surface area contributed by atoms with Crippen molar-refractivity contribution in [3.05, 3.63) is 29.8 Å². The molecule has 0 aromatic heterocycles. The van der Waals surface area contributed by atoms with Crippen molar-refractivity contribution >= 4 is 15.9 Å². The molecule has 0 heterocycles. The van der Waals surface area contributed by atoms with Crippen LogP contribution in [0, 0.1) is 0 Å². The second-order valence-electron chi connectivity index (χ2n) is 6.78. The number of unbranched alkanes of at least 4 members (excludes halogenated alkanes) is 2. The zero-order chi connectivity index (χ0) is 19.6. The Balaban J connectivity index is 2.68. The summed E-state index contributed by atoms with van der Waals surface area (Å²) in [5, 5.41) is 0. The molecule has 0 saturated carbocycles. The Bertz CT molecular complexity index is 642. The third kappa shape index (κ3) is 7.08. The fourth-order valence-corrected chi connectivity index (χ4v) is 3.77. The van der Waals surface area contributed by atoms with Crippen LogP contribution < -0.4 is 4.72 Å². The van der Waals surface area contributed by atoms with Crippen molar-refractivity contribution in [3.8, 4) is 0 Å². The van der Waals surface area contributed by atoms with Crippen LogP contribution >= 0.6 is 0 Å². The van der Waals surface area contributed by atoms with E-state index < -0.39 is 10.0 Å². The van der Waals surface area contributed by atoms with Crippen molar-refractivity contribution < 1.29 is 13.2 Å². The number of benzene rings is 1. The lowest BCUT2D eigenvalue weighted by molar-refractivity contribution is -0.133. The van der Waals surface area contributed by atoms with Gasteiger partial charge < -0.3 is 4.90 Å². The quantitative estimate of drug-likeness (QED) is 0.560. The maximum Gasteiger partial charge on any atom is 0.240 e. The van der Waals surface area contributed by atoms with E-state index in [0.29, 0.717) is 12.8 Å². The number of sulfonamides is 1. The van der Waals surface area contributed by atoms with E-state index in [-0.39, 0.29) is 16.8 Å². The van der Waals surface area contributed by atoms with Gasteiger partial charge in [0.1, 0.15) is 0 Å². The molecule has 0 saturated heterocycles. The Labute approximate surface area is 159 Å². The predicted octanol–water partition coefficient (Wildman–Crippen LogP) is 3.73. The highest BCUT2D eigenvalue weighted by Crippen LogP contribution is 2.15. The van der Waals surface area contributed by atoms with E-state index >= 15 is 0 Å². The van der Waals surface area contributed by atoms with Gasteiger partial charge in [-0.15, -0.1) is 0 Å². The Hall–Kier alpha value is -1.40. The van der Waals surface area contributed by atoms with Gasteiger partial charge in [0.25, 0.3) is 0 Å². The maximum absolute atomic E-state index is 12.7. The number of nitrogens with one attached hydrogen (secondary N) is 1. The molecule has 1 amide bonds. The highest BCUT2D eigenvalue weighted by atomic mass is 32.2. The molecule has 26 heavy (non-hydrogen) atoms. The molecule has 5 nitrogen and oxygen atoms in total. The average Bonchev–Trinajstić information content (AvgIpc) is 2.63. The molecule has 6 heteroatoms. The summed E-state index contributed by atoms with van der Waals surface area (Å²) in [5.74, 6) is 0.189. The standard InChI is InChI=1S/C20H34N2O3S/c1-5-7-8-16-22(17(3)9-6-2)20(23)15-12-18-10-13-19(14-11-18)26(24,25)21-4/h10-11,13-14,17,21H,5-9,12,15-16H2,1-4H3/t17-/m1/s1. The molecule has 0 aliphatic rings. The van der Waals surface area contributed by atoms with Gasteiger partial charge in [0.05, 0.1) is 4.90 Å². The molecule has 148 valence electrons. The van der Waals surface area contributed by atoms with Crippen molar-refractivity contribution in [3.63, 3.8) is 0 Å². The number of aryl methyl sites for hydroxylation is 1. The van der Waals surface area contributed by atoms with Crippen LogP contribution in [0.1, 0.15) is 64.9 Å². The van der Waals surface area contributed by atoms with Gasteiger partial charge in [-0.3, -0.25) is 4.79 Å². The lowest BCUT2D eigenvalue weighted by Crippen LogP contribution is -2.39. The molecule has 0 unspecified atom stereocenters. The number of carbonyl (C=O) groups is 1. The SMILES string of the molecule is CCCCCN(C(=O)CCc1ccc(S(=O)(=O)NC)cc1)[C@H](C)CCC. The minimum absolute atomic E-state index is 0.189. The molecule has 0 aliphatic carbocycles. The van der Waals surface area contributed by atoms with E-state index in [1.54, 1.807) is 24.3 Å². The summed E-state index contributed by atoms with van der Waals surface area (Å²) in [6.45, 7) is 7.27. The fraction of sp³-hybridized carbons (Fsp3) is 0.650. The second kappa shape index (κ2) is 11.3. The number of hydrogen-bond donors (Lipinski definition) is 1. The summed E-state index contributed by atoms with van der Waals surface area (Å²) >= 11 is 0. The molecule has 1 aromatic rings. The first-order chi connectivity index (χ1) is 12.4. The molecule has 1 atom stereocenters. The normalized spacial score (nSPS) is 12.8. The average molecular weight is 383 g/mol. The van der Waals surface area contributed by atoms with Crippen molar-refractivity contribution in [1.82, 2.24) is 9.62 Å². The minimum Gasteiger partial charge on any atom is -0.340 e. The van der Waals surface area contributed by atoms with Crippen LogP contribution in [0.4, 0.5) is 0 Å². The summed E-state index contributed by atoms with van der Waals surface area (Å²) in [7, 11) is -2.02. The summed E-state index contributed by atoms with van der Waals surface area (Å²) in [4.78, 5) is 15.0. The van der Waals surface area contributed by atoms with E-state index in [0.717, 1.165) is 44.2 Å². The monoisotopic (exact) mass is 382 g/mol. The molecule has 0 aliphatic heterocycles. The number of carbonyl (C=O) groups excluding carboxylic acids is 1. The molecule has 0 fully saturated rings. The van der Waals surface area contributed by atoms with E-state index in [1.165, 1.54) is 7.05 Å². The minimum atomic E-state index is -3.42. The van der Waals surface area contributed by atoms with Crippen LogP contribution in [0.5, 0.6) is 0 Å². The van der Waals surface area contributed by atoms with Gasteiger partial charge in [-0.2, -0.15) is 0 Å². The molecule has 1 aromatic carbocycles. The summed E-state index contributed by atoms with van der Waals surface area (Å²) in [6, 6.07) is 7.02. The summed E-state index contributed by atoms with van der Waals surface area (Å²) in [5.41, 5.74) is 0.977. The molecule has 0 radical (unpaired) electrons. The van der Waals surface area contributed by atoms with Gasteiger partial charge in [0.15, 0.2) is 0 Å². The maximum atomic E-state index is 12.7. The first kappa shape index (κ1) is 22.6. The van der Waals surface area contributed by atoms with Gasteiger partial charge >= 0.3 is 0 Å². The van der Waals surface area contributed by atoms with E-state index in [2.05, 4.69) is 25.5 Å². The second-order valence-corrected chi connectivity index (χ2v) is 8.67. The zero-order valence-corrected chi connectivity index (χ0v) is 17.4. The Morgan fingerprint density at radius 3 is 2.31 bits per heavy atom. The van der Waals surface area contributed by atoms with E-state index in [1.807, 2.05) is 4.90 Å². The molecule has 0 bridgehead atoms. The fourth-order valence-electron chi connectivity index (χ4n) is 3.04. The number of rotatable bonds is 12. The van der Waals surface area contributed by atoms with Gasteiger partial charge in [0, 0.05) is 19.0 Å². The number of nitrogens with zero attached hydrogens (tertiary/aromatic N) is 1. The van der Waals surface area contributed by atoms with E-state index in [4.69, 9.17) is 0 Å². The van der Waals surface area contributed by atoms with Crippen molar-refractivity contribution in [1.29, 1.82) is 0 Å². The largest absolute Gasteiger partial charge is 0.340 e. The van der Waals surface area contributed by atoms with Crippen LogP contribution in [0.3, 0.4) is 0 Å². The highest BCUT2D eigenvalue weighted by molar-refractivity contribution is 7.89. The van der Waals surface area contributed by atoms with Gasteiger partial charge in [-0.05, 0) is 50.9 Å². The summed E-state index contributed by atoms with van der Waals surface area (Å²) in [6.07, 6.45) is 6.51. The van der Waals surface area contributed by atoms with Crippen molar-refractivity contribution in [2.75, 3.05) is 13.6 Å². The Morgan fingerprint density at radius 2 is 1.77 bits per heavy atom. The van der Waals surface area contributed by atoms with Crippen molar-refractivity contribution in [2.24, 2.45) is 0 Å². The third-order valence-electron chi connectivity index (χ3n) is 4.69. The summed E-state index contributed by atoms with van der Waals surface area (Å²) < 4.78 is 25.8. The molecule has 1 N–H and O–H groups in total. The molecule has 0 spiro atoms. The van der Waals surface area contributed by atoms with Crippen LogP contribution in [0.2, 0.25) is 0 Å².